The van der Waals surface area contributed by atoms with Gasteiger partial charge < -0.3 is 0 Å². The summed E-state index contributed by atoms with van der Waals surface area (Å²) in [5, 5.41) is 0. The maximum Gasteiger partial charge on any atom is 0.290 e. The minimum absolute atomic E-state index is 0.988. The summed E-state index contributed by atoms with van der Waals surface area (Å²) in [5.74, 6) is 1.32. The normalized spacial score (nSPS) is 13.8. The van der Waals surface area contributed by atoms with Gasteiger partial charge >= 0.3 is 0 Å². The Morgan fingerprint density at radius 3 is 2.65 bits per heavy atom. The molecular weight excluding hydrogens is 246 g/mol. The molecule has 0 atom stereocenters. The summed E-state index contributed by atoms with van der Waals surface area (Å²) in [6, 6.07) is 15.1. The van der Waals surface area contributed by atoms with Crippen molar-refractivity contribution in [2.45, 2.75) is 13.1 Å². The Bertz CT molecular complexity index is 860. The molecule has 0 N–H and O–H groups in total. The van der Waals surface area contributed by atoms with Gasteiger partial charge in [0, 0.05) is 6.07 Å². The Morgan fingerprint density at radius 2 is 1.80 bits per heavy atom. The first-order valence-electron chi connectivity index (χ1n) is 7.03. The van der Waals surface area contributed by atoms with Gasteiger partial charge in [0.15, 0.2) is 6.20 Å². The zero-order valence-corrected chi connectivity index (χ0v) is 11.4. The third kappa shape index (κ3) is 1.07. The molecule has 0 amide bonds. The van der Waals surface area contributed by atoms with E-state index in [2.05, 4.69) is 69.4 Å². The summed E-state index contributed by atoms with van der Waals surface area (Å²) in [6.07, 6.45) is 2.19. The van der Waals surface area contributed by atoms with Gasteiger partial charge in [-0.1, -0.05) is 18.2 Å². The summed E-state index contributed by atoms with van der Waals surface area (Å²) in [7, 11) is 2.19. The predicted octanol–water partition coefficient (Wildman–Crippen LogP) is 1.66. The van der Waals surface area contributed by atoms with Gasteiger partial charge in [0.25, 0.3) is 11.5 Å². The first kappa shape index (κ1) is 10.4. The molecule has 2 aliphatic rings. The molecule has 0 radical (unpaired) electrons. The Balaban J connectivity index is 1.86. The molecule has 1 aromatic carbocycles. The van der Waals surface area contributed by atoms with E-state index in [4.69, 9.17) is 0 Å². The summed E-state index contributed by atoms with van der Waals surface area (Å²) in [6.45, 7) is 1.98. The lowest BCUT2D eigenvalue weighted by Crippen LogP contribution is -2.34. The van der Waals surface area contributed by atoms with Crippen LogP contribution in [0.25, 0.3) is 22.8 Å². The van der Waals surface area contributed by atoms with E-state index in [9.17, 15) is 0 Å². The molecule has 3 aromatic rings. The first-order chi connectivity index (χ1) is 9.84. The van der Waals surface area contributed by atoms with E-state index in [0.29, 0.717) is 0 Å². The monoisotopic (exact) mass is 261 g/mol. The zero-order chi connectivity index (χ0) is 13.3. The molecular formula is C17H15N3+2. The molecule has 5 rings (SSSR count). The smallest absolute Gasteiger partial charge is 0.223 e. The van der Waals surface area contributed by atoms with Crippen LogP contribution in [0.4, 0.5) is 0 Å². The second-order valence-electron chi connectivity index (χ2n) is 5.64. The average molecular weight is 261 g/mol. The van der Waals surface area contributed by atoms with Crippen LogP contribution < -0.4 is 9.13 Å². The third-order valence-electron chi connectivity index (χ3n) is 4.58. The van der Waals surface area contributed by atoms with Gasteiger partial charge in [-0.15, -0.1) is 0 Å². The van der Waals surface area contributed by atoms with E-state index in [-0.39, 0.29) is 0 Å². The number of imidazole rings is 1. The topological polar surface area (TPSA) is 12.7 Å². The maximum absolute atomic E-state index is 2.47. The van der Waals surface area contributed by atoms with Gasteiger partial charge in [-0.05, 0) is 18.2 Å². The second kappa shape index (κ2) is 3.37. The molecule has 0 saturated heterocycles. The maximum atomic E-state index is 2.47. The van der Waals surface area contributed by atoms with Crippen LogP contribution in [0.1, 0.15) is 11.3 Å². The standard InChI is InChI=1S/C17H15N3/c1-18-14-11-19-9-5-8-13-10-20(16(14)15(13)19)17(18)12-6-3-2-4-7-12/h2-9H,10-11H2,1H3/q+2. The highest BCUT2D eigenvalue weighted by Gasteiger charge is 2.47. The van der Waals surface area contributed by atoms with Crippen molar-refractivity contribution in [3.05, 3.63) is 59.9 Å². The SMILES string of the molecule is Cn1c2c3[n+](c1-c1ccccc1)Cc1ccc[n+](c1-3)C2. The lowest BCUT2D eigenvalue weighted by atomic mass is 10.2. The number of benzene rings is 1. The number of pyridine rings is 1. The minimum Gasteiger partial charge on any atom is -0.223 e. The highest BCUT2D eigenvalue weighted by atomic mass is 15.2. The summed E-state index contributed by atoms with van der Waals surface area (Å²) in [5.41, 5.74) is 7.00. The highest BCUT2D eigenvalue weighted by molar-refractivity contribution is 5.64. The fourth-order valence-corrected chi connectivity index (χ4v) is 3.75. The molecule has 3 heteroatoms. The molecule has 0 spiro atoms. The predicted molar refractivity (Wildman–Crippen MR) is 74.9 cm³/mol. The Morgan fingerprint density at radius 1 is 0.950 bits per heavy atom. The number of hydrogen-bond acceptors (Lipinski definition) is 0. The number of aromatic nitrogens is 3. The van der Waals surface area contributed by atoms with Crippen molar-refractivity contribution in [1.82, 2.24) is 4.57 Å². The number of rotatable bonds is 1. The molecule has 2 aromatic heterocycles. The van der Waals surface area contributed by atoms with Crippen molar-refractivity contribution in [2.24, 2.45) is 7.05 Å². The molecule has 96 valence electrons. The van der Waals surface area contributed by atoms with Crippen LogP contribution in [-0.4, -0.2) is 4.57 Å². The Kier molecular flexibility index (Phi) is 1.75. The largest absolute Gasteiger partial charge is 0.290 e. The van der Waals surface area contributed by atoms with Crippen molar-refractivity contribution in [2.75, 3.05) is 0 Å². The van der Waals surface area contributed by atoms with Crippen LogP contribution in [0.15, 0.2) is 48.7 Å². The van der Waals surface area contributed by atoms with Crippen molar-refractivity contribution in [3.8, 4) is 22.8 Å². The number of hydrogen-bond donors (Lipinski definition) is 0. The Labute approximate surface area is 117 Å². The van der Waals surface area contributed by atoms with Crippen LogP contribution in [0.5, 0.6) is 0 Å². The van der Waals surface area contributed by atoms with Gasteiger partial charge in [-0.3, -0.25) is 0 Å². The quantitative estimate of drug-likeness (QED) is 0.407. The van der Waals surface area contributed by atoms with Gasteiger partial charge in [0.1, 0.15) is 6.54 Å². The summed E-state index contributed by atoms with van der Waals surface area (Å²) >= 11 is 0. The number of nitrogens with zero attached hydrogens (tertiary/aromatic N) is 3. The van der Waals surface area contributed by atoms with E-state index in [1.165, 1.54) is 34.0 Å². The summed E-state index contributed by atoms with van der Waals surface area (Å²) < 4.78 is 7.21. The van der Waals surface area contributed by atoms with Crippen LogP contribution in [0.2, 0.25) is 0 Å². The van der Waals surface area contributed by atoms with Crippen LogP contribution in [0, 0.1) is 0 Å². The van der Waals surface area contributed by atoms with Crippen LogP contribution in [-0.2, 0) is 20.1 Å². The van der Waals surface area contributed by atoms with E-state index < -0.39 is 0 Å². The Hall–Kier alpha value is -2.42. The lowest BCUT2D eigenvalue weighted by molar-refractivity contribution is -0.678. The molecule has 20 heavy (non-hydrogen) atoms. The van der Waals surface area contributed by atoms with Gasteiger partial charge in [0.05, 0.1) is 18.2 Å². The zero-order valence-electron chi connectivity index (χ0n) is 11.4. The van der Waals surface area contributed by atoms with Crippen molar-refractivity contribution in [1.29, 1.82) is 0 Å². The van der Waals surface area contributed by atoms with Crippen LogP contribution >= 0.6 is 0 Å². The fourth-order valence-electron chi connectivity index (χ4n) is 3.75. The lowest BCUT2D eigenvalue weighted by Gasteiger charge is -2.00. The fraction of sp³-hybridized carbons (Fsp3) is 0.176. The van der Waals surface area contributed by atoms with E-state index in [0.717, 1.165) is 13.1 Å². The molecule has 0 fully saturated rings. The minimum atomic E-state index is 0.988. The summed E-state index contributed by atoms with van der Waals surface area (Å²) in [4.78, 5) is 0. The van der Waals surface area contributed by atoms with Crippen molar-refractivity contribution >= 4 is 0 Å². The van der Waals surface area contributed by atoms with Crippen LogP contribution in [0.3, 0.4) is 0 Å². The van der Waals surface area contributed by atoms with E-state index in [1.54, 1.807) is 0 Å². The van der Waals surface area contributed by atoms with Gasteiger partial charge in [-0.2, -0.15) is 4.57 Å². The average Bonchev–Trinajstić information content (AvgIpc) is 3.11. The molecule has 2 aliphatic heterocycles. The molecule has 4 heterocycles. The molecule has 3 nitrogen and oxygen atoms in total. The first-order valence-corrected chi connectivity index (χ1v) is 7.03. The second-order valence-corrected chi connectivity index (χ2v) is 5.64. The van der Waals surface area contributed by atoms with Crippen molar-refractivity contribution in [3.63, 3.8) is 0 Å². The van der Waals surface area contributed by atoms with Crippen molar-refractivity contribution < 1.29 is 9.13 Å². The van der Waals surface area contributed by atoms with E-state index >= 15 is 0 Å². The highest BCUT2D eigenvalue weighted by Crippen LogP contribution is 2.35. The molecule has 0 bridgehead atoms. The van der Waals surface area contributed by atoms with E-state index in [1.807, 2.05) is 0 Å². The van der Waals surface area contributed by atoms with Gasteiger partial charge in [0.2, 0.25) is 17.9 Å². The molecule has 0 aliphatic carbocycles. The third-order valence-corrected chi connectivity index (χ3v) is 4.58. The van der Waals surface area contributed by atoms with Gasteiger partial charge in [-0.25, -0.2) is 9.13 Å². The molecule has 0 unspecified atom stereocenters. The molecule has 0 saturated carbocycles.